The van der Waals surface area contributed by atoms with Crippen molar-refractivity contribution in [3.63, 3.8) is 0 Å². The Balaban J connectivity index is 1.87. The lowest BCUT2D eigenvalue weighted by molar-refractivity contribution is -0.115. The number of anilines is 1. The van der Waals surface area contributed by atoms with Crippen molar-refractivity contribution in [1.82, 2.24) is 5.32 Å². The van der Waals surface area contributed by atoms with Gasteiger partial charge >= 0.3 is 0 Å². The topological polar surface area (TPSA) is 75.3 Å². The predicted molar refractivity (Wildman–Crippen MR) is 79.8 cm³/mol. The molecule has 1 aliphatic rings. The first-order chi connectivity index (χ1) is 9.28. The zero-order chi connectivity index (χ0) is 14.8. The van der Waals surface area contributed by atoms with Gasteiger partial charge in [-0.25, -0.2) is 8.42 Å². The van der Waals surface area contributed by atoms with E-state index >= 15 is 0 Å². The van der Waals surface area contributed by atoms with Crippen LogP contribution in [0, 0.1) is 0 Å². The number of benzene rings is 1. The highest BCUT2D eigenvalue weighted by molar-refractivity contribution is 7.91. The van der Waals surface area contributed by atoms with Gasteiger partial charge in [-0.15, -0.1) is 0 Å². The predicted octanol–water partition coefficient (Wildman–Crippen LogP) is 1.45. The number of amides is 1. The van der Waals surface area contributed by atoms with Crippen LogP contribution in [0.5, 0.6) is 0 Å². The summed E-state index contributed by atoms with van der Waals surface area (Å²) in [7, 11) is -2.98. The highest BCUT2D eigenvalue weighted by Crippen LogP contribution is 2.22. The molecule has 1 unspecified atom stereocenters. The van der Waals surface area contributed by atoms with Crippen LogP contribution in [0.3, 0.4) is 0 Å². The first-order valence-corrected chi connectivity index (χ1v) is 8.49. The van der Waals surface area contributed by atoms with Gasteiger partial charge in [-0.2, -0.15) is 0 Å². The molecule has 1 aromatic rings. The van der Waals surface area contributed by atoms with Crippen LogP contribution in [0.25, 0.3) is 0 Å². The lowest BCUT2D eigenvalue weighted by Crippen LogP contribution is -2.46. The summed E-state index contributed by atoms with van der Waals surface area (Å²) in [5.74, 6) is 0.0226. The van der Waals surface area contributed by atoms with Crippen LogP contribution in [-0.2, 0) is 14.6 Å². The molecule has 1 aliphatic heterocycles. The molecule has 0 radical (unpaired) electrons. The van der Waals surface area contributed by atoms with Gasteiger partial charge in [-0.3, -0.25) is 4.79 Å². The summed E-state index contributed by atoms with van der Waals surface area (Å²) in [6.45, 7) is 1.89. The Bertz CT molecular complexity index is 618. The summed E-state index contributed by atoms with van der Waals surface area (Å²) in [6, 6.07) is 6.86. The molecule has 1 atom stereocenters. The zero-order valence-electron chi connectivity index (χ0n) is 11.1. The molecule has 110 valence electrons. The van der Waals surface area contributed by atoms with Crippen LogP contribution < -0.4 is 10.6 Å². The molecule has 1 fully saturated rings. The third-order valence-corrected chi connectivity index (χ3v) is 5.43. The Hall–Kier alpha value is -1.11. The van der Waals surface area contributed by atoms with E-state index in [1.54, 1.807) is 24.3 Å². The number of carbonyl (C=O) groups is 1. The van der Waals surface area contributed by atoms with Gasteiger partial charge in [-0.05, 0) is 31.5 Å². The van der Waals surface area contributed by atoms with E-state index in [-0.39, 0.29) is 24.0 Å². The second-order valence-electron chi connectivity index (χ2n) is 5.31. The smallest absolute Gasteiger partial charge is 0.238 e. The van der Waals surface area contributed by atoms with Crippen molar-refractivity contribution in [1.29, 1.82) is 0 Å². The van der Waals surface area contributed by atoms with Gasteiger partial charge < -0.3 is 10.6 Å². The zero-order valence-corrected chi connectivity index (χ0v) is 12.7. The second kappa shape index (κ2) is 5.71. The van der Waals surface area contributed by atoms with Gasteiger partial charge in [0.25, 0.3) is 0 Å². The second-order valence-corrected chi connectivity index (χ2v) is 7.94. The number of rotatable bonds is 4. The van der Waals surface area contributed by atoms with Gasteiger partial charge in [0.15, 0.2) is 9.84 Å². The van der Waals surface area contributed by atoms with E-state index in [9.17, 15) is 13.2 Å². The summed E-state index contributed by atoms with van der Waals surface area (Å²) in [5.41, 5.74) is 0.0957. The molecule has 0 bridgehead atoms. The monoisotopic (exact) mass is 316 g/mol. The van der Waals surface area contributed by atoms with Crippen molar-refractivity contribution in [2.75, 3.05) is 23.4 Å². The van der Waals surface area contributed by atoms with Crippen molar-refractivity contribution < 1.29 is 13.2 Å². The van der Waals surface area contributed by atoms with Gasteiger partial charge in [-0.1, -0.05) is 17.7 Å². The quantitative estimate of drug-likeness (QED) is 0.881. The Morgan fingerprint density at radius 3 is 2.80 bits per heavy atom. The largest absolute Gasteiger partial charge is 0.325 e. The third kappa shape index (κ3) is 4.19. The van der Waals surface area contributed by atoms with Crippen molar-refractivity contribution in [2.45, 2.75) is 18.9 Å². The molecular weight excluding hydrogens is 300 g/mol. The fourth-order valence-electron chi connectivity index (χ4n) is 2.21. The van der Waals surface area contributed by atoms with E-state index in [2.05, 4.69) is 10.6 Å². The van der Waals surface area contributed by atoms with E-state index in [0.717, 1.165) is 0 Å². The summed E-state index contributed by atoms with van der Waals surface area (Å²) >= 11 is 5.83. The van der Waals surface area contributed by atoms with Crippen molar-refractivity contribution in [3.05, 3.63) is 29.3 Å². The van der Waals surface area contributed by atoms with Gasteiger partial charge in [0, 0.05) is 16.2 Å². The molecule has 1 amide bonds. The molecule has 5 nitrogen and oxygen atoms in total. The van der Waals surface area contributed by atoms with Crippen LogP contribution in [0.15, 0.2) is 24.3 Å². The number of carbonyl (C=O) groups excluding carboxylic acids is 1. The van der Waals surface area contributed by atoms with Gasteiger partial charge in [0.05, 0.1) is 18.1 Å². The first-order valence-electron chi connectivity index (χ1n) is 6.29. The summed E-state index contributed by atoms with van der Waals surface area (Å²) in [4.78, 5) is 11.8. The third-order valence-electron chi connectivity index (χ3n) is 3.29. The minimum atomic E-state index is -2.98. The van der Waals surface area contributed by atoms with Crippen LogP contribution in [-0.4, -0.2) is 37.9 Å². The molecule has 20 heavy (non-hydrogen) atoms. The van der Waals surface area contributed by atoms with Gasteiger partial charge in [0.2, 0.25) is 5.91 Å². The molecule has 7 heteroatoms. The molecular formula is C13H17ClN2O3S. The Morgan fingerprint density at radius 2 is 2.20 bits per heavy atom. The van der Waals surface area contributed by atoms with E-state index < -0.39 is 15.4 Å². The van der Waals surface area contributed by atoms with Crippen LogP contribution in [0.4, 0.5) is 5.69 Å². The fraction of sp³-hybridized carbons (Fsp3) is 0.462. The van der Waals surface area contributed by atoms with Crippen LogP contribution in [0.2, 0.25) is 5.02 Å². The van der Waals surface area contributed by atoms with E-state index in [1.807, 2.05) is 6.92 Å². The summed E-state index contributed by atoms with van der Waals surface area (Å²) < 4.78 is 22.9. The van der Waals surface area contributed by atoms with Crippen molar-refractivity contribution >= 4 is 33.0 Å². The first kappa shape index (κ1) is 15.3. The van der Waals surface area contributed by atoms with E-state index in [4.69, 9.17) is 11.6 Å². The highest BCUT2D eigenvalue weighted by Gasteiger charge is 2.38. The van der Waals surface area contributed by atoms with Crippen LogP contribution in [0.1, 0.15) is 13.3 Å². The number of nitrogens with one attached hydrogen (secondary N) is 2. The maximum atomic E-state index is 11.8. The molecule has 1 aromatic carbocycles. The average Bonchev–Trinajstić information content (AvgIpc) is 2.62. The van der Waals surface area contributed by atoms with Crippen molar-refractivity contribution in [3.8, 4) is 0 Å². The highest BCUT2D eigenvalue weighted by atomic mass is 35.5. The minimum Gasteiger partial charge on any atom is -0.325 e. The maximum absolute atomic E-state index is 11.8. The average molecular weight is 317 g/mol. The number of hydrogen-bond donors (Lipinski definition) is 2. The van der Waals surface area contributed by atoms with E-state index in [0.29, 0.717) is 17.1 Å². The lowest BCUT2D eigenvalue weighted by Gasteiger charge is -2.23. The Kier molecular flexibility index (Phi) is 4.36. The lowest BCUT2D eigenvalue weighted by atomic mass is 10.0. The SMILES string of the molecule is CC1(NCC(=O)Nc2cccc(Cl)c2)CCS(=O)(=O)C1. The normalized spacial score (nSPS) is 24.5. The Morgan fingerprint density at radius 1 is 1.45 bits per heavy atom. The molecule has 0 aromatic heterocycles. The van der Waals surface area contributed by atoms with Gasteiger partial charge in [0.1, 0.15) is 0 Å². The maximum Gasteiger partial charge on any atom is 0.238 e. The Labute approximate surface area is 123 Å². The van der Waals surface area contributed by atoms with E-state index in [1.165, 1.54) is 0 Å². The number of sulfone groups is 1. The van der Waals surface area contributed by atoms with Crippen molar-refractivity contribution in [2.24, 2.45) is 0 Å². The molecule has 2 rings (SSSR count). The standard InChI is InChI=1S/C13H17ClN2O3S/c1-13(5-6-20(18,19)9-13)15-8-12(17)16-11-4-2-3-10(14)7-11/h2-4,7,15H,5-6,8-9H2,1H3,(H,16,17). The fourth-order valence-corrected chi connectivity index (χ4v) is 4.53. The number of halogens is 1. The minimum absolute atomic E-state index is 0.0680. The molecule has 0 spiro atoms. The molecule has 0 aliphatic carbocycles. The summed E-state index contributed by atoms with van der Waals surface area (Å²) in [5, 5.41) is 6.28. The molecule has 1 heterocycles. The molecule has 1 saturated heterocycles. The number of hydrogen-bond acceptors (Lipinski definition) is 4. The molecule has 2 N–H and O–H groups in total. The molecule has 0 saturated carbocycles. The summed E-state index contributed by atoms with van der Waals surface area (Å²) in [6.07, 6.45) is 0.528. The van der Waals surface area contributed by atoms with Crippen LogP contribution >= 0.6 is 11.6 Å².